The molecule has 0 bridgehead atoms. The van der Waals surface area contributed by atoms with E-state index < -0.39 is 23.7 Å². The maximum absolute atomic E-state index is 13.9. The first-order chi connectivity index (χ1) is 18.6. The molecule has 1 aliphatic carbocycles. The molecule has 39 heavy (non-hydrogen) atoms. The van der Waals surface area contributed by atoms with Gasteiger partial charge in [-0.1, -0.05) is 18.2 Å². The number of hydrogen-bond donors (Lipinski definition) is 2. The van der Waals surface area contributed by atoms with Crippen LogP contribution in [0.25, 0.3) is 11.1 Å². The van der Waals surface area contributed by atoms with Crippen molar-refractivity contribution in [2.24, 2.45) is 13.0 Å². The molecule has 1 atom stereocenters. The highest BCUT2D eigenvalue weighted by Gasteiger charge is 2.34. The lowest BCUT2D eigenvalue weighted by Crippen LogP contribution is -2.30. The third-order valence-electron chi connectivity index (χ3n) is 7.17. The monoisotopic (exact) mass is 536 g/mol. The second-order valence-electron chi connectivity index (χ2n) is 10.1. The maximum Gasteiger partial charge on any atom is 0.264 e. The predicted molar refractivity (Wildman–Crippen MR) is 139 cm³/mol. The van der Waals surface area contributed by atoms with E-state index in [1.807, 2.05) is 0 Å². The number of alkyl halides is 2. The number of benzene rings is 3. The highest BCUT2D eigenvalue weighted by Crippen LogP contribution is 2.41. The van der Waals surface area contributed by atoms with Crippen LogP contribution in [0, 0.1) is 29.9 Å². The van der Waals surface area contributed by atoms with Crippen molar-refractivity contribution >= 4 is 5.91 Å². The van der Waals surface area contributed by atoms with Crippen LogP contribution in [0.15, 0.2) is 67.0 Å². The molecule has 1 fully saturated rings. The molecule has 1 saturated carbocycles. The summed E-state index contributed by atoms with van der Waals surface area (Å²) in [7, 11) is 1.73. The number of halogens is 4. The van der Waals surface area contributed by atoms with E-state index >= 15 is 0 Å². The van der Waals surface area contributed by atoms with Gasteiger partial charge in [0.1, 0.15) is 11.6 Å². The largest absolute Gasteiger partial charge is 0.345 e. The van der Waals surface area contributed by atoms with Gasteiger partial charge < -0.3 is 14.5 Å². The standard InChI is InChI=1S/C30H28F4N4O/c1-17-11-20(5-8-26(17)32)27(19-3-4-19)36-29(39)22-13-18(16-38-10-9-37(2)30(38)35)12-21(14-22)24-7-6-23(31)15-25(24)28(33)34/h5-15,19,27-28,35H,3-4,16H2,1-2H3,(H,36,39)/t27-/m0/s1. The molecule has 0 saturated heterocycles. The number of nitrogens with zero attached hydrogens (tertiary/aromatic N) is 2. The summed E-state index contributed by atoms with van der Waals surface area (Å²) >= 11 is 0. The Morgan fingerprint density at radius 2 is 1.82 bits per heavy atom. The molecule has 4 aromatic rings. The second-order valence-corrected chi connectivity index (χ2v) is 10.1. The van der Waals surface area contributed by atoms with Crippen LogP contribution in [0.1, 0.15) is 57.9 Å². The fraction of sp³-hybridized carbons (Fsp3) is 0.267. The zero-order valence-corrected chi connectivity index (χ0v) is 21.5. The third kappa shape index (κ3) is 5.67. The molecule has 0 radical (unpaired) electrons. The number of carbonyl (C=O) groups excluding carboxylic acids is 1. The average molecular weight is 537 g/mol. The molecule has 1 aliphatic rings. The van der Waals surface area contributed by atoms with Crippen LogP contribution in [0.4, 0.5) is 17.6 Å². The van der Waals surface area contributed by atoms with Crippen molar-refractivity contribution in [3.63, 3.8) is 0 Å². The fourth-order valence-corrected chi connectivity index (χ4v) is 4.88. The Kier molecular flexibility index (Phi) is 7.16. The van der Waals surface area contributed by atoms with Crippen LogP contribution in [0.2, 0.25) is 0 Å². The van der Waals surface area contributed by atoms with Gasteiger partial charge in [-0.2, -0.15) is 0 Å². The molecular weight excluding hydrogens is 508 g/mol. The third-order valence-corrected chi connectivity index (χ3v) is 7.17. The van der Waals surface area contributed by atoms with E-state index in [1.165, 1.54) is 18.2 Å². The topological polar surface area (TPSA) is 62.8 Å². The average Bonchev–Trinajstić information content (AvgIpc) is 3.70. The van der Waals surface area contributed by atoms with Gasteiger partial charge >= 0.3 is 0 Å². The Morgan fingerprint density at radius 1 is 1.05 bits per heavy atom. The molecule has 0 unspecified atom stereocenters. The van der Waals surface area contributed by atoms with Gasteiger partial charge in [0, 0.05) is 30.6 Å². The van der Waals surface area contributed by atoms with Gasteiger partial charge in [0.2, 0.25) is 5.62 Å². The van der Waals surface area contributed by atoms with E-state index in [-0.39, 0.29) is 41.1 Å². The van der Waals surface area contributed by atoms with Crippen molar-refractivity contribution in [1.82, 2.24) is 14.5 Å². The van der Waals surface area contributed by atoms with E-state index in [4.69, 9.17) is 5.41 Å². The Bertz CT molecular complexity index is 1600. The first-order valence-electron chi connectivity index (χ1n) is 12.7. The van der Waals surface area contributed by atoms with Crippen LogP contribution < -0.4 is 10.9 Å². The summed E-state index contributed by atoms with van der Waals surface area (Å²) < 4.78 is 58.8. The van der Waals surface area contributed by atoms with Crippen molar-refractivity contribution in [3.05, 3.63) is 112 Å². The van der Waals surface area contributed by atoms with Crippen molar-refractivity contribution in [2.45, 2.75) is 38.8 Å². The number of carbonyl (C=O) groups is 1. The zero-order valence-electron chi connectivity index (χ0n) is 21.5. The molecule has 2 N–H and O–H groups in total. The van der Waals surface area contributed by atoms with Crippen molar-refractivity contribution < 1.29 is 22.4 Å². The first-order valence-corrected chi connectivity index (χ1v) is 12.7. The lowest BCUT2D eigenvalue weighted by Gasteiger charge is -2.20. The number of amides is 1. The molecule has 3 aromatic carbocycles. The first kappa shape index (κ1) is 26.5. The molecule has 5 rings (SSSR count). The summed E-state index contributed by atoms with van der Waals surface area (Å²) in [4.78, 5) is 13.6. The summed E-state index contributed by atoms with van der Waals surface area (Å²) in [5.41, 5.74) is 2.38. The summed E-state index contributed by atoms with van der Waals surface area (Å²) in [6.45, 7) is 1.90. The van der Waals surface area contributed by atoms with Gasteiger partial charge in [0.15, 0.2) is 0 Å². The smallest absolute Gasteiger partial charge is 0.264 e. The van der Waals surface area contributed by atoms with E-state index in [9.17, 15) is 22.4 Å². The Balaban J connectivity index is 1.56. The second kappa shape index (κ2) is 10.6. The maximum atomic E-state index is 13.9. The van der Waals surface area contributed by atoms with E-state index in [0.29, 0.717) is 16.7 Å². The van der Waals surface area contributed by atoms with E-state index in [1.54, 1.807) is 59.8 Å². The minimum absolute atomic E-state index is 0.124. The van der Waals surface area contributed by atoms with Crippen LogP contribution in [0.5, 0.6) is 0 Å². The number of hydrogen-bond acceptors (Lipinski definition) is 2. The summed E-state index contributed by atoms with van der Waals surface area (Å²) in [6.07, 6.45) is 2.38. The summed E-state index contributed by atoms with van der Waals surface area (Å²) in [5, 5.41) is 11.3. The predicted octanol–water partition coefficient (Wildman–Crippen LogP) is 6.43. The summed E-state index contributed by atoms with van der Waals surface area (Å²) in [5.74, 6) is -1.28. The van der Waals surface area contributed by atoms with Gasteiger partial charge in [-0.25, -0.2) is 17.6 Å². The van der Waals surface area contributed by atoms with Gasteiger partial charge in [0.05, 0.1) is 12.6 Å². The molecule has 202 valence electrons. The minimum atomic E-state index is -2.92. The molecule has 1 heterocycles. The number of nitrogens with one attached hydrogen (secondary N) is 2. The molecule has 5 nitrogen and oxygen atoms in total. The molecular formula is C30H28F4N4O. The Hall–Kier alpha value is -4.14. The molecule has 1 amide bonds. The number of imidazole rings is 1. The van der Waals surface area contributed by atoms with Crippen LogP contribution in [-0.4, -0.2) is 15.0 Å². The molecule has 0 spiro atoms. The van der Waals surface area contributed by atoms with Gasteiger partial charge in [-0.05, 0) is 89.9 Å². The zero-order chi connectivity index (χ0) is 27.8. The van der Waals surface area contributed by atoms with Gasteiger partial charge in [-0.3, -0.25) is 10.2 Å². The number of rotatable bonds is 8. The van der Waals surface area contributed by atoms with Crippen LogP contribution >= 0.6 is 0 Å². The fourth-order valence-electron chi connectivity index (χ4n) is 4.88. The molecule has 1 aromatic heterocycles. The van der Waals surface area contributed by atoms with E-state index in [0.717, 1.165) is 30.5 Å². The van der Waals surface area contributed by atoms with E-state index in [2.05, 4.69) is 5.32 Å². The van der Waals surface area contributed by atoms with Crippen molar-refractivity contribution in [2.75, 3.05) is 0 Å². The molecule has 9 heteroatoms. The highest BCUT2D eigenvalue weighted by atomic mass is 19.3. The van der Waals surface area contributed by atoms with Crippen LogP contribution in [-0.2, 0) is 13.6 Å². The quantitative estimate of drug-likeness (QED) is 0.251. The number of aryl methyl sites for hydroxylation is 2. The lowest BCUT2D eigenvalue weighted by molar-refractivity contribution is 0.0931. The normalized spacial score (nSPS) is 14.0. The van der Waals surface area contributed by atoms with Gasteiger partial charge in [-0.15, -0.1) is 0 Å². The number of aromatic nitrogens is 2. The van der Waals surface area contributed by atoms with Crippen molar-refractivity contribution in [1.29, 1.82) is 5.41 Å². The Labute approximate surface area is 223 Å². The van der Waals surface area contributed by atoms with Crippen LogP contribution in [0.3, 0.4) is 0 Å². The van der Waals surface area contributed by atoms with Crippen molar-refractivity contribution in [3.8, 4) is 11.1 Å². The Morgan fingerprint density at radius 3 is 2.46 bits per heavy atom. The lowest BCUT2D eigenvalue weighted by atomic mass is 9.95. The summed E-state index contributed by atoms with van der Waals surface area (Å²) in [6, 6.07) is 12.5. The minimum Gasteiger partial charge on any atom is -0.345 e. The highest BCUT2D eigenvalue weighted by molar-refractivity contribution is 5.96. The molecule has 0 aliphatic heterocycles. The SMILES string of the molecule is Cc1cc([C@@H](NC(=O)c2cc(Cn3ccn(C)c3=N)cc(-c3ccc(F)cc3C(F)F)c2)C2CC2)ccc1F. The van der Waals surface area contributed by atoms with Gasteiger partial charge in [0.25, 0.3) is 12.3 Å².